The molecule has 0 radical (unpaired) electrons. The molecule has 1 saturated carbocycles. The lowest BCUT2D eigenvalue weighted by Gasteiger charge is -2.53. The predicted octanol–water partition coefficient (Wildman–Crippen LogP) is 3.80. The minimum Gasteiger partial charge on any atom is -0.474 e. The fourth-order valence-electron chi connectivity index (χ4n) is 5.80. The van der Waals surface area contributed by atoms with Gasteiger partial charge in [0, 0.05) is 54.2 Å². The van der Waals surface area contributed by atoms with Crippen molar-refractivity contribution in [2.75, 3.05) is 13.1 Å². The van der Waals surface area contributed by atoms with Crippen LogP contribution in [0, 0.1) is 18.3 Å². The van der Waals surface area contributed by atoms with Crippen molar-refractivity contribution in [1.82, 2.24) is 39.6 Å². The van der Waals surface area contributed by atoms with E-state index in [1.54, 1.807) is 6.33 Å². The van der Waals surface area contributed by atoms with Gasteiger partial charge in [-0.05, 0) is 45.1 Å². The maximum atomic E-state index is 9.63. The molecule has 37 heavy (non-hydrogen) atoms. The Morgan fingerprint density at radius 1 is 1.19 bits per heavy atom. The molecule has 4 aromatic rings. The van der Waals surface area contributed by atoms with Gasteiger partial charge in [-0.25, -0.2) is 15.0 Å². The van der Waals surface area contributed by atoms with Crippen LogP contribution in [0.1, 0.15) is 50.5 Å². The highest BCUT2D eigenvalue weighted by atomic mass is 16.5. The van der Waals surface area contributed by atoms with E-state index in [0.717, 1.165) is 79.0 Å². The number of hydrogen-bond acceptors (Lipinski definition) is 8. The number of nitrogens with zero attached hydrogens (tertiary/aromatic N) is 8. The Balaban J connectivity index is 1.10. The third kappa shape index (κ3) is 4.44. The van der Waals surface area contributed by atoms with Crippen LogP contribution in [-0.4, -0.2) is 64.8 Å². The van der Waals surface area contributed by atoms with Crippen molar-refractivity contribution in [2.45, 2.75) is 70.1 Å². The van der Waals surface area contributed by atoms with Crippen LogP contribution < -0.4 is 4.74 Å². The molecule has 0 bridgehead atoms. The molecule has 0 amide bonds. The number of ether oxygens (including phenoxy) is 1. The molecule has 5 heterocycles. The lowest BCUT2D eigenvalue weighted by atomic mass is 9.82. The molecule has 1 N–H and O–H groups in total. The van der Waals surface area contributed by atoms with Gasteiger partial charge in [0.2, 0.25) is 5.88 Å². The first kappa shape index (κ1) is 23.6. The maximum absolute atomic E-state index is 9.63. The summed E-state index contributed by atoms with van der Waals surface area (Å²) in [5.41, 5.74) is 3.31. The third-order valence-corrected chi connectivity index (χ3v) is 7.78. The van der Waals surface area contributed by atoms with E-state index in [-0.39, 0.29) is 11.6 Å². The number of aromatic nitrogens is 7. The van der Waals surface area contributed by atoms with E-state index >= 15 is 0 Å². The van der Waals surface area contributed by atoms with Gasteiger partial charge in [0.15, 0.2) is 0 Å². The van der Waals surface area contributed by atoms with Crippen molar-refractivity contribution >= 4 is 11.0 Å². The van der Waals surface area contributed by atoms with Gasteiger partial charge < -0.3 is 9.72 Å². The molecule has 0 spiro atoms. The second-order valence-corrected chi connectivity index (χ2v) is 10.2. The lowest BCUT2D eigenvalue weighted by Crippen LogP contribution is -2.65. The zero-order valence-corrected chi connectivity index (χ0v) is 21.3. The van der Waals surface area contributed by atoms with Crippen LogP contribution >= 0.6 is 0 Å². The Morgan fingerprint density at radius 2 is 2.03 bits per heavy atom. The van der Waals surface area contributed by atoms with Gasteiger partial charge in [-0.1, -0.05) is 6.92 Å². The van der Waals surface area contributed by atoms with Gasteiger partial charge in [-0.15, -0.1) is 0 Å². The average molecular weight is 498 g/mol. The van der Waals surface area contributed by atoms with Crippen LogP contribution in [-0.2, 0) is 12.0 Å². The standard InChI is InChI=1S/C27H31N9O/c1-3-20-12-24(34-18(2)33-20)37-22-6-4-21(5-7-22)35-15-27(16-35,9-10-28)36-14-19(13-32-36)25-23-8-11-29-26(23)31-17-30-25/h8,11-14,17,21-22H,3-7,9,15-16H2,1-2H3,(H,29,30,31)/t21-,22-. The molecule has 1 aliphatic carbocycles. The van der Waals surface area contributed by atoms with E-state index in [0.29, 0.717) is 18.3 Å². The van der Waals surface area contributed by atoms with Gasteiger partial charge in [0.1, 0.15) is 29.4 Å². The number of likely N-dealkylation sites (tertiary alicyclic amines) is 1. The summed E-state index contributed by atoms with van der Waals surface area (Å²) in [6, 6.07) is 6.85. The van der Waals surface area contributed by atoms with Crippen molar-refractivity contribution in [2.24, 2.45) is 0 Å². The molecule has 6 rings (SSSR count). The van der Waals surface area contributed by atoms with Crippen LogP contribution in [0.3, 0.4) is 0 Å². The molecule has 10 heteroatoms. The topological polar surface area (TPSA) is 121 Å². The van der Waals surface area contributed by atoms with Gasteiger partial charge in [-0.3, -0.25) is 9.58 Å². The van der Waals surface area contributed by atoms with Crippen molar-refractivity contribution in [3.63, 3.8) is 0 Å². The Hall–Kier alpha value is -3.84. The molecular weight excluding hydrogens is 466 g/mol. The normalized spacial score (nSPS) is 21.4. The highest BCUT2D eigenvalue weighted by molar-refractivity contribution is 5.89. The van der Waals surface area contributed by atoms with Gasteiger partial charge in [-0.2, -0.15) is 15.3 Å². The first-order chi connectivity index (χ1) is 18.1. The number of nitrogens with one attached hydrogen (secondary N) is 1. The van der Waals surface area contributed by atoms with Gasteiger partial charge in [0.05, 0.1) is 24.4 Å². The van der Waals surface area contributed by atoms with Crippen molar-refractivity contribution in [3.8, 4) is 23.2 Å². The maximum Gasteiger partial charge on any atom is 0.217 e. The average Bonchev–Trinajstić information content (AvgIpc) is 3.56. The molecule has 0 aromatic carbocycles. The summed E-state index contributed by atoms with van der Waals surface area (Å²) in [5, 5.41) is 15.3. The molecule has 0 unspecified atom stereocenters. The summed E-state index contributed by atoms with van der Waals surface area (Å²) in [6.45, 7) is 5.66. The second-order valence-electron chi connectivity index (χ2n) is 10.2. The molecule has 10 nitrogen and oxygen atoms in total. The van der Waals surface area contributed by atoms with Crippen LogP contribution in [0.25, 0.3) is 22.3 Å². The summed E-state index contributed by atoms with van der Waals surface area (Å²) in [7, 11) is 0. The fourth-order valence-corrected chi connectivity index (χ4v) is 5.80. The monoisotopic (exact) mass is 497 g/mol. The first-order valence-corrected chi connectivity index (χ1v) is 13.0. The number of H-pyrrole nitrogens is 1. The molecule has 1 saturated heterocycles. The zero-order valence-electron chi connectivity index (χ0n) is 21.3. The summed E-state index contributed by atoms with van der Waals surface area (Å²) in [5.74, 6) is 1.45. The minimum atomic E-state index is -0.306. The van der Waals surface area contributed by atoms with E-state index in [2.05, 4.69) is 42.8 Å². The van der Waals surface area contributed by atoms with Crippen molar-refractivity contribution in [3.05, 3.63) is 48.6 Å². The van der Waals surface area contributed by atoms with Crippen LogP contribution in [0.2, 0.25) is 0 Å². The molecule has 4 aromatic heterocycles. The van der Waals surface area contributed by atoms with Crippen molar-refractivity contribution < 1.29 is 4.74 Å². The lowest BCUT2D eigenvalue weighted by molar-refractivity contribution is -0.0445. The van der Waals surface area contributed by atoms with Gasteiger partial charge >= 0.3 is 0 Å². The highest BCUT2D eigenvalue weighted by Gasteiger charge is 2.48. The number of fused-ring (bicyclic) bond motifs is 1. The zero-order chi connectivity index (χ0) is 25.4. The highest BCUT2D eigenvalue weighted by Crippen LogP contribution is 2.38. The quantitative estimate of drug-likeness (QED) is 0.409. The molecular formula is C27H31N9O. The number of aromatic amines is 1. The number of nitriles is 1. The van der Waals surface area contributed by atoms with E-state index in [1.807, 2.05) is 42.3 Å². The Labute approximate surface area is 215 Å². The number of aryl methyl sites for hydroxylation is 2. The molecule has 190 valence electrons. The van der Waals surface area contributed by atoms with E-state index < -0.39 is 0 Å². The smallest absolute Gasteiger partial charge is 0.217 e. The summed E-state index contributed by atoms with van der Waals surface area (Å²) in [4.78, 5) is 23.3. The van der Waals surface area contributed by atoms with E-state index in [9.17, 15) is 5.26 Å². The van der Waals surface area contributed by atoms with Crippen molar-refractivity contribution in [1.29, 1.82) is 5.26 Å². The second kappa shape index (κ2) is 9.56. The first-order valence-electron chi connectivity index (χ1n) is 13.0. The molecule has 2 fully saturated rings. The largest absolute Gasteiger partial charge is 0.474 e. The minimum absolute atomic E-state index is 0.187. The summed E-state index contributed by atoms with van der Waals surface area (Å²) < 4.78 is 8.22. The Morgan fingerprint density at radius 3 is 2.81 bits per heavy atom. The summed E-state index contributed by atoms with van der Waals surface area (Å²) in [6.07, 6.45) is 13.0. The third-order valence-electron chi connectivity index (χ3n) is 7.78. The predicted molar refractivity (Wildman–Crippen MR) is 138 cm³/mol. The molecule has 1 aliphatic heterocycles. The Kier molecular flexibility index (Phi) is 6.08. The van der Waals surface area contributed by atoms with Gasteiger partial charge in [0.25, 0.3) is 0 Å². The Bertz CT molecular complexity index is 1440. The van der Waals surface area contributed by atoms with Crippen LogP contribution in [0.5, 0.6) is 5.88 Å². The van der Waals surface area contributed by atoms with Crippen LogP contribution in [0.4, 0.5) is 0 Å². The van der Waals surface area contributed by atoms with E-state index in [4.69, 9.17) is 9.84 Å². The van der Waals surface area contributed by atoms with E-state index in [1.165, 1.54) is 0 Å². The molecule has 0 atom stereocenters. The number of hydrogen-bond donors (Lipinski definition) is 1. The summed E-state index contributed by atoms with van der Waals surface area (Å²) >= 11 is 0. The molecule has 2 aliphatic rings. The number of rotatable bonds is 7. The van der Waals surface area contributed by atoms with Crippen LogP contribution in [0.15, 0.2) is 37.1 Å². The fraction of sp³-hybridized carbons (Fsp3) is 0.481. The SMILES string of the molecule is CCc1cc(O[C@H]2CC[C@H](N3CC(CC#N)(n4cc(-c5ncnc6[nH]ccc56)cn4)C3)CC2)nc(C)n1.